The van der Waals surface area contributed by atoms with Crippen LogP contribution in [0.4, 0.5) is 0 Å². The molecule has 0 aromatic heterocycles. The van der Waals surface area contributed by atoms with Gasteiger partial charge in [-0.2, -0.15) is 0 Å². The van der Waals surface area contributed by atoms with E-state index >= 15 is 0 Å². The SMILES string of the molecule is CC/C=C\C/C=C\C/C=C\C[C@H]1[C@H](O)CC(=O)[C@H]1/C=C/[C@@H](O)CCC(=O)O. The Labute approximate surface area is 161 Å². The maximum absolute atomic E-state index is 12.1. The van der Waals surface area contributed by atoms with E-state index in [-0.39, 0.29) is 31.0 Å². The van der Waals surface area contributed by atoms with Crippen molar-refractivity contribution < 1.29 is 24.9 Å². The molecule has 1 rings (SSSR count). The number of Topliss-reactive ketones (excluding diaryl/α,β-unsaturated/α-hetero) is 1. The number of carbonyl (C=O) groups is 2. The molecule has 0 aliphatic heterocycles. The van der Waals surface area contributed by atoms with E-state index in [1.165, 1.54) is 6.08 Å². The average Bonchev–Trinajstić information content (AvgIpc) is 2.89. The molecule has 1 saturated carbocycles. The number of carbonyl (C=O) groups excluding carboxylic acids is 1. The first-order chi connectivity index (χ1) is 13.0. The van der Waals surface area contributed by atoms with Crippen molar-refractivity contribution in [2.75, 3.05) is 0 Å². The first kappa shape index (κ1) is 23.1. The molecule has 0 spiro atoms. The van der Waals surface area contributed by atoms with Crippen LogP contribution in [0.2, 0.25) is 0 Å². The molecule has 0 bridgehead atoms. The maximum atomic E-state index is 12.1. The van der Waals surface area contributed by atoms with Crippen molar-refractivity contribution in [2.45, 2.75) is 64.1 Å². The lowest BCUT2D eigenvalue weighted by Crippen LogP contribution is -2.19. The van der Waals surface area contributed by atoms with Crippen molar-refractivity contribution in [1.82, 2.24) is 0 Å². The van der Waals surface area contributed by atoms with E-state index in [4.69, 9.17) is 5.11 Å². The molecule has 0 amide bonds. The van der Waals surface area contributed by atoms with Crippen molar-refractivity contribution in [2.24, 2.45) is 11.8 Å². The Morgan fingerprint density at radius 2 is 1.78 bits per heavy atom. The summed E-state index contributed by atoms with van der Waals surface area (Å²) in [4.78, 5) is 22.6. The van der Waals surface area contributed by atoms with Gasteiger partial charge in [-0.3, -0.25) is 9.59 Å². The molecule has 1 aliphatic carbocycles. The third-order valence-corrected chi connectivity index (χ3v) is 4.62. The van der Waals surface area contributed by atoms with Gasteiger partial charge in [0.05, 0.1) is 12.2 Å². The van der Waals surface area contributed by atoms with E-state index in [1.54, 1.807) is 6.08 Å². The summed E-state index contributed by atoms with van der Waals surface area (Å²) < 4.78 is 0. The smallest absolute Gasteiger partial charge is 0.303 e. The lowest BCUT2D eigenvalue weighted by atomic mass is 9.90. The highest BCUT2D eigenvalue weighted by atomic mass is 16.4. The molecule has 1 aliphatic rings. The Bertz CT molecular complexity index is 573. The Hall–Kier alpha value is -1.98. The third kappa shape index (κ3) is 9.50. The van der Waals surface area contributed by atoms with E-state index in [0.717, 1.165) is 19.3 Å². The second kappa shape index (κ2) is 13.2. The van der Waals surface area contributed by atoms with E-state index < -0.39 is 24.1 Å². The maximum Gasteiger partial charge on any atom is 0.303 e. The number of rotatable bonds is 12. The van der Waals surface area contributed by atoms with Gasteiger partial charge >= 0.3 is 5.97 Å². The van der Waals surface area contributed by atoms with Gasteiger partial charge in [0.25, 0.3) is 0 Å². The van der Waals surface area contributed by atoms with Crippen LogP contribution in [0.15, 0.2) is 48.6 Å². The fourth-order valence-electron chi connectivity index (χ4n) is 3.10. The zero-order chi connectivity index (χ0) is 20.1. The first-order valence-electron chi connectivity index (χ1n) is 9.69. The van der Waals surface area contributed by atoms with Crippen molar-refractivity contribution in [1.29, 1.82) is 0 Å². The minimum Gasteiger partial charge on any atom is -0.481 e. The topological polar surface area (TPSA) is 94.8 Å². The van der Waals surface area contributed by atoms with Crippen LogP contribution in [0.5, 0.6) is 0 Å². The second-order valence-corrected chi connectivity index (χ2v) is 6.84. The molecule has 5 nitrogen and oxygen atoms in total. The standard InChI is InChI=1S/C22H32O5/c1-2-3-4-5-6-7-8-9-10-11-18-19(21(25)16-20(18)24)14-12-17(23)13-15-22(26)27/h3-4,6-7,9-10,12,14,17-20,23-24H,2,5,8,11,13,15-16H2,1H3,(H,26,27)/b4-3-,7-6-,10-9-,14-12+/t17-,18-,19+,20-/m1/s1. The largest absolute Gasteiger partial charge is 0.481 e. The molecule has 0 saturated heterocycles. The van der Waals surface area contributed by atoms with Crippen LogP contribution in [0, 0.1) is 11.8 Å². The summed E-state index contributed by atoms with van der Waals surface area (Å²) in [5, 5.41) is 28.6. The summed E-state index contributed by atoms with van der Waals surface area (Å²) in [6.45, 7) is 2.10. The Kier molecular flexibility index (Phi) is 11.3. The minimum atomic E-state index is -0.965. The monoisotopic (exact) mass is 376 g/mol. The number of aliphatic carboxylic acids is 1. The van der Waals surface area contributed by atoms with Crippen LogP contribution in [0.25, 0.3) is 0 Å². The van der Waals surface area contributed by atoms with Gasteiger partial charge in [-0.25, -0.2) is 0 Å². The highest BCUT2D eigenvalue weighted by Crippen LogP contribution is 2.33. The van der Waals surface area contributed by atoms with Gasteiger partial charge in [-0.15, -0.1) is 0 Å². The van der Waals surface area contributed by atoms with Crippen LogP contribution < -0.4 is 0 Å². The molecule has 3 N–H and O–H groups in total. The van der Waals surface area contributed by atoms with Crippen LogP contribution in [0.3, 0.4) is 0 Å². The fraction of sp³-hybridized carbons (Fsp3) is 0.545. The van der Waals surface area contributed by atoms with Gasteiger partial charge in [0.2, 0.25) is 0 Å². The van der Waals surface area contributed by atoms with Crippen molar-refractivity contribution >= 4 is 11.8 Å². The summed E-state index contributed by atoms with van der Waals surface area (Å²) in [5.41, 5.74) is 0. The molecule has 0 unspecified atom stereocenters. The van der Waals surface area contributed by atoms with Crippen molar-refractivity contribution in [3.05, 3.63) is 48.6 Å². The van der Waals surface area contributed by atoms with Crippen LogP contribution >= 0.6 is 0 Å². The number of ketones is 1. The molecule has 150 valence electrons. The fourth-order valence-corrected chi connectivity index (χ4v) is 3.10. The molecular weight excluding hydrogens is 344 g/mol. The third-order valence-electron chi connectivity index (χ3n) is 4.62. The number of hydrogen-bond donors (Lipinski definition) is 3. The number of carboxylic acid groups (broad SMARTS) is 1. The van der Waals surface area contributed by atoms with E-state index in [9.17, 15) is 19.8 Å². The van der Waals surface area contributed by atoms with Gasteiger partial charge in [-0.1, -0.05) is 55.5 Å². The predicted molar refractivity (Wildman–Crippen MR) is 106 cm³/mol. The summed E-state index contributed by atoms with van der Waals surface area (Å²) in [5.74, 6) is -1.63. The normalized spacial score (nSPS) is 24.9. The Balaban J connectivity index is 2.48. The predicted octanol–water partition coefficient (Wildman–Crippen LogP) is 3.58. The average molecular weight is 376 g/mol. The number of allylic oxidation sites excluding steroid dienone is 7. The van der Waals surface area contributed by atoms with Gasteiger partial charge in [0, 0.05) is 24.7 Å². The zero-order valence-corrected chi connectivity index (χ0v) is 16.0. The van der Waals surface area contributed by atoms with E-state index in [2.05, 4.69) is 31.2 Å². The molecule has 4 atom stereocenters. The highest BCUT2D eigenvalue weighted by Gasteiger charge is 2.39. The number of hydrogen-bond acceptors (Lipinski definition) is 4. The summed E-state index contributed by atoms with van der Waals surface area (Å²) in [7, 11) is 0. The number of carboxylic acids is 1. The second-order valence-electron chi connectivity index (χ2n) is 6.84. The van der Waals surface area contributed by atoms with Gasteiger partial charge in [0.15, 0.2) is 0 Å². The molecule has 0 aromatic rings. The van der Waals surface area contributed by atoms with Crippen molar-refractivity contribution in [3.63, 3.8) is 0 Å². The molecule has 1 fully saturated rings. The molecule has 0 heterocycles. The molecule has 27 heavy (non-hydrogen) atoms. The molecular formula is C22H32O5. The summed E-state index contributed by atoms with van der Waals surface area (Å²) in [6.07, 6.45) is 17.5. The zero-order valence-electron chi connectivity index (χ0n) is 16.0. The lowest BCUT2D eigenvalue weighted by molar-refractivity contribution is -0.137. The van der Waals surface area contributed by atoms with E-state index in [1.807, 2.05) is 12.2 Å². The molecule has 0 aromatic carbocycles. The van der Waals surface area contributed by atoms with Crippen LogP contribution in [0.1, 0.15) is 51.9 Å². The Morgan fingerprint density at radius 1 is 1.15 bits per heavy atom. The summed E-state index contributed by atoms with van der Waals surface area (Å²) >= 11 is 0. The van der Waals surface area contributed by atoms with Crippen LogP contribution in [-0.2, 0) is 9.59 Å². The number of aliphatic hydroxyl groups is 2. The number of aliphatic hydroxyl groups excluding tert-OH is 2. The minimum absolute atomic E-state index is 0.0369. The highest BCUT2D eigenvalue weighted by molar-refractivity contribution is 5.86. The lowest BCUT2D eigenvalue weighted by Gasteiger charge is -2.17. The summed E-state index contributed by atoms with van der Waals surface area (Å²) in [6, 6.07) is 0. The van der Waals surface area contributed by atoms with Gasteiger partial charge in [0.1, 0.15) is 5.78 Å². The Morgan fingerprint density at radius 3 is 2.41 bits per heavy atom. The van der Waals surface area contributed by atoms with Crippen molar-refractivity contribution in [3.8, 4) is 0 Å². The first-order valence-corrected chi connectivity index (χ1v) is 9.69. The molecule has 5 heteroatoms. The van der Waals surface area contributed by atoms with Gasteiger partial charge in [-0.05, 0) is 32.1 Å². The quantitative estimate of drug-likeness (QED) is 0.453. The van der Waals surface area contributed by atoms with Gasteiger partial charge < -0.3 is 15.3 Å². The van der Waals surface area contributed by atoms with Crippen LogP contribution in [-0.4, -0.2) is 39.3 Å². The molecule has 0 radical (unpaired) electrons. The van der Waals surface area contributed by atoms with E-state index in [0.29, 0.717) is 6.42 Å².